The first-order valence-electron chi connectivity index (χ1n) is 6.15. The second kappa shape index (κ2) is 6.95. The molecule has 1 saturated heterocycles. The van der Waals surface area contributed by atoms with E-state index in [0.29, 0.717) is 6.54 Å². The van der Waals surface area contributed by atoms with Crippen molar-refractivity contribution in [2.24, 2.45) is 0 Å². The Kier molecular flexibility index (Phi) is 5.83. The van der Waals surface area contributed by atoms with Crippen molar-refractivity contribution in [3.8, 4) is 0 Å². The van der Waals surface area contributed by atoms with Crippen molar-refractivity contribution < 1.29 is 18.0 Å². The molecule has 1 fully saturated rings. The molecule has 112 valence electrons. The Balaban J connectivity index is 0.00000200. The minimum absolute atomic E-state index is 0. The third kappa shape index (κ3) is 4.38. The summed E-state index contributed by atoms with van der Waals surface area (Å²) in [7, 11) is 0. The standard InChI is InChI=1S/C13H15F3N2O.ClH/c14-13(15,16)10-4-1-3-9(7-10)12(19)18-8-11-5-2-6-17-11;/h1,3-4,7,11,17H,2,5-6,8H2,(H,18,19);1H/t11-;/m1./s1. The fraction of sp³-hybridized carbons (Fsp3) is 0.462. The Labute approximate surface area is 121 Å². The van der Waals surface area contributed by atoms with Crippen molar-refractivity contribution in [3.63, 3.8) is 0 Å². The summed E-state index contributed by atoms with van der Waals surface area (Å²) in [6, 6.07) is 4.67. The molecule has 1 aliphatic heterocycles. The van der Waals surface area contributed by atoms with Gasteiger partial charge in [0.05, 0.1) is 5.56 Å². The van der Waals surface area contributed by atoms with Gasteiger partial charge in [0.15, 0.2) is 0 Å². The topological polar surface area (TPSA) is 41.1 Å². The lowest BCUT2D eigenvalue weighted by Crippen LogP contribution is -2.37. The van der Waals surface area contributed by atoms with Crippen molar-refractivity contribution in [1.82, 2.24) is 10.6 Å². The average molecular weight is 309 g/mol. The highest BCUT2D eigenvalue weighted by Crippen LogP contribution is 2.29. The highest BCUT2D eigenvalue weighted by atomic mass is 35.5. The number of hydrogen-bond donors (Lipinski definition) is 2. The molecule has 0 aliphatic carbocycles. The van der Waals surface area contributed by atoms with Crippen molar-refractivity contribution in [3.05, 3.63) is 35.4 Å². The molecule has 0 spiro atoms. The third-order valence-corrected chi connectivity index (χ3v) is 3.12. The molecule has 1 heterocycles. The zero-order chi connectivity index (χ0) is 13.9. The average Bonchev–Trinajstić information content (AvgIpc) is 2.88. The van der Waals surface area contributed by atoms with Crippen LogP contribution in [0.15, 0.2) is 24.3 Å². The van der Waals surface area contributed by atoms with E-state index in [1.807, 2.05) is 0 Å². The molecule has 2 rings (SSSR count). The number of alkyl halides is 3. The molecule has 2 N–H and O–H groups in total. The zero-order valence-electron chi connectivity index (χ0n) is 10.7. The molecule has 7 heteroatoms. The van der Waals surface area contributed by atoms with E-state index in [1.54, 1.807) is 0 Å². The van der Waals surface area contributed by atoms with Gasteiger partial charge >= 0.3 is 6.18 Å². The van der Waals surface area contributed by atoms with Crippen LogP contribution in [0, 0.1) is 0 Å². The van der Waals surface area contributed by atoms with Crippen LogP contribution in [-0.2, 0) is 6.18 Å². The fourth-order valence-corrected chi connectivity index (χ4v) is 2.09. The molecule has 1 aromatic rings. The van der Waals surface area contributed by atoms with Crippen LogP contribution in [0.4, 0.5) is 13.2 Å². The van der Waals surface area contributed by atoms with Gasteiger partial charge in [-0.25, -0.2) is 0 Å². The normalized spacial score (nSPS) is 18.4. The van der Waals surface area contributed by atoms with Crippen molar-refractivity contribution in [1.29, 1.82) is 0 Å². The molecule has 1 amide bonds. The number of carbonyl (C=O) groups is 1. The van der Waals surface area contributed by atoms with Gasteiger partial charge in [0.1, 0.15) is 0 Å². The lowest BCUT2D eigenvalue weighted by atomic mass is 10.1. The summed E-state index contributed by atoms with van der Waals surface area (Å²) >= 11 is 0. The van der Waals surface area contributed by atoms with Crippen LogP contribution in [0.2, 0.25) is 0 Å². The van der Waals surface area contributed by atoms with Gasteiger partial charge in [0.2, 0.25) is 0 Å². The number of hydrogen-bond acceptors (Lipinski definition) is 2. The first kappa shape index (κ1) is 16.8. The van der Waals surface area contributed by atoms with E-state index >= 15 is 0 Å². The van der Waals surface area contributed by atoms with Crippen molar-refractivity contribution >= 4 is 18.3 Å². The molecule has 0 unspecified atom stereocenters. The molecule has 0 radical (unpaired) electrons. The lowest BCUT2D eigenvalue weighted by Gasteiger charge is -2.12. The van der Waals surface area contributed by atoms with Gasteiger partial charge in [-0.1, -0.05) is 6.07 Å². The van der Waals surface area contributed by atoms with Gasteiger partial charge in [-0.3, -0.25) is 4.79 Å². The first-order chi connectivity index (χ1) is 8.97. The van der Waals surface area contributed by atoms with Gasteiger partial charge < -0.3 is 10.6 Å². The van der Waals surface area contributed by atoms with E-state index in [2.05, 4.69) is 10.6 Å². The largest absolute Gasteiger partial charge is 0.416 e. The Morgan fingerprint density at radius 1 is 1.40 bits per heavy atom. The van der Waals surface area contributed by atoms with Crippen LogP contribution in [-0.4, -0.2) is 25.0 Å². The van der Waals surface area contributed by atoms with Gasteiger partial charge in [-0.05, 0) is 37.6 Å². The predicted molar refractivity (Wildman–Crippen MR) is 72.0 cm³/mol. The summed E-state index contributed by atoms with van der Waals surface area (Å²) in [5.41, 5.74) is -0.771. The summed E-state index contributed by atoms with van der Waals surface area (Å²) in [5.74, 6) is -0.472. The number of carbonyl (C=O) groups excluding carboxylic acids is 1. The highest BCUT2D eigenvalue weighted by molar-refractivity contribution is 5.94. The van der Waals surface area contributed by atoms with E-state index in [9.17, 15) is 18.0 Å². The number of nitrogens with one attached hydrogen (secondary N) is 2. The van der Waals surface area contributed by atoms with Gasteiger partial charge in [-0.15, -0.1) is 12.4 Å². The van der Waals surface area contributed by atoms with Crippen LogP contribution in [0.3, 0.4) is 0 Å². The van der Waals surface area contributed by atoms with Crippen LogP contribution in [0.5, 0.6) is 0 Å². The summed E-state index contributed by atoms with van der Waals surface area (Å²) < 4.78 is 37.6. The van der Waals surface area contributed by atoms with E-state index in [0.717, 1.165) is 31.5 Å². The first-order valence-corrected chi connectivity index (χ1v) is 6.15. The number of benzene rings is 1. The van der Waals surface area contributed by atoms with E-state index in [4.69, 9.17) is 0 Å². The quantitative estimate of drug-likeness (QED) is 0.901. The Morgan fingerprint density at radius 3 is 2.75 bits per heavy atom. The number of amides is 1. The maximum atomic E-state index is 12.5. The number of rotatable bonds is 3. The molecular formula is C13H16ClF3N2O. The molecule has 1 atom stereocenters. The monoisotopic (exact) mass is 308 g/mol. The second-order valence-electron chi connectivity index (χ2n) is 4.58. The maximum Gasteiger partial charge on any atom is 0.416 e. The third-order valence-electron chi connectivity index (χ3n) is 3.12. The van der Waals surface area contributed by atoms with E-state index in [1.165, 1.54) is 12.1 Å². The number of halogens is 4. The molecule has 1 aliphatic rings. The fourth-order valence-electron chi connectivity index (χ4n) is 2.09. The molecular weight excluding hydrogens is 293 g/mol. The molecule has 0 bridgehead atoms. The SMILES string of the molecule is Cl.O=C(NC[C@H]1CCCN1)c1cccc(C(F)(F)F)c1. The molecule has 20 heavy (non-hydrogen) atoms. The van der Waals surface area contributed by atoms with Crippen LogP contribution < -0.4 is 10.6 Å². The summed E-state index contributed by atoms with van der Waals surface area (Å²) in [4.78, 5) is 11.8. The maximum absolute atomic E-state index is 12.5. The molecule has 0 aromatic heterocycles. The van der Waals surface area contributed by atoms with Crippen LogP contribution in [0.25, 0.3) is 0 Å². The van der Waals surface area contributed by atoms with E-state index < -0.39 is 17.6 Å². The van der Waals surface area contributed by atoms with Gasteiger partial charge in [0, 0.05) is 18.2 Å². The zero-order valence-corrected chi connectivity index (χ0v) is 11.5. The Hall–Kier alpha value is -1.27. The predicted octanol–water partition coefficient (Wildman–Crippen LogP) is 2.61. The molecule has 1 aromatic carbocycles. The Bertz CT molecular complexity index is 459. The van der Waals surface area contributed by atoms with Crippen molar-refractivity contribution in [2.45, 2.75) is 25.1 Å². The minimum Gasteiger partial charge on any atom is -0.350 e. The van der Waals surface area contributed by atoms with Crippen LogP contribution >= 0.6 is 12.4 Å². The van der Waals surface area contributed by atoms with Gasteiger partial charge in [0.25, 0.3) is 5.91 Å². The smallest absolute Gasteiger partial charge is 0.350 e. The second-order valence-corrected chi connectivity index (χ2v) is 4.58. The van der Waals surface area contributed by atoms with E-state index in [-0.39, 0.29) is 24.0 Å². The highest BCUT2D eigenvalue weighted by Gasteiger charge is 2.30. The summed E-state index contributed by atoms with van der Waals surface area (Å²) in [6.07, 6.45) is -2.39. The summed E-state index contributed by atoms with van der Waals surface area (Å²) in [5, 5.41) is 5.86. The summed E-state index contributed by atoms with van der Waals surface area (Å²) in [6.45, 7) is 1.36. The van der Waals surface area contributed by atoms with Crippen LogP contribution in [0.1, 0.15) is 28.8 Å². The molecule has 3 nitrogen and oxygen atoms in total. The Morgan fingerprint density at radius 2 is 2.15 bits per heavy atom. The molecule has 0 saturated carbocycles. The minimum atomic E-state index is -4.43. The lowest BCUT2D eigenvalue weighted by molar-refractivity contribution is -0.137. The van der Waals surface area contributed by atoms with Crippen molar-refractivity contribution in [2.75, 3.05) is 13.1 Å². The van der Waals surface area contributed by atoms with Gasteiger partial charge in [-0.2, -0.15) is 13.2 Å².